The lowest BCUT2D eigenvalue weighted by Gasteiger charge is -1.96. The Morgan fingerprint density at radius 2 is 2.00 bits per heavy atom. The Morgan fingerprint density at radius 1 is 1.31 bits per heavy atom. The average Bonchev–Trinajstić information content (AvgIpc) is 2.90. The van der Waals surface area contributed by atoms with E-state index in [-0.39, 0.29) is 5.16 Å². The van der Waals surface area contributed by atoms with Gasteiger partial charge in [0.15, 0.2) is 5.16 Å². The van der Waals surface area contributed by atoms with E-state index in [4.69, 9.17) is 0 Å². The zero-order valence-corrected chi connectivity index (χ0v) is 8.06. The maximum atomic E-state index is 13.2. The molecule has 0 aromatic heterocycles. The largest absolute Gasteiger partial charge is 0.199 e. The molecule has 1 fully saturated rings. The Balaban J connectivity index is 1.97. The van der Waals surface area contributed by atoms with Gasteiger partial charge in [0.25, 0.3) is 0 Å². The fourth-order valence-electron chi connectivity index (χ4n) is 1.08. The van der Waals surface area contributed by atoms with Crippen molar-refractivity contribution in [2.75, 3.05) is 0 Å². The van der Waals surface area contributed by atoms with E-state index in [0.717, 1.165) is 17.7 Å². The van der Waals surface area contributed by atoms with Crippen molar-refractivity contribution in [3.63, 3.8) is 0 Å². The van der Waals surface area contributed by atoms with E-state index < -0.39 is 0 Å². The number of allylic oxidation sites excluding steroid dienone is 1. The van der Waals surface area contributed by atoms with E-state index in [0.29, 0.717) is 5.92 Å². The van der Waals surface area contributed by atoms with Crippen LogP contribution in [0.3, 0.4) is 0 Å². The highest BCUT2D eigenvalue weighted by atomic mass is 32.2. The summed E-state index contributed by atoms with van der Waals surface area (Å²) in [6.07, 6.45) is 4.04. The van der Waals surface area contributed by atoms with E-state index >= 15 is 0 Å². The molecule has 1 aromatic rings. The number of benzene rings is 1. The fraction of sp³-hybridized carbons (Fsp3) is 0.273. The molecule has 2 rings (SSSR count). The predicted molar refractivity (Wildman–Crippen MR) is 54.2 cm³/mol. The first-order chi connectivity index (χ1) is 6.34. The highest BCUT2D eigenvalue weighted by molar-refractivity contribution is 8.02. The molecular weight excluding hydrogens is 183 g/mol. The summed E-state index contributed by atoms with van der Waals surface area (Å²) < 4.78 is 13.2. The number of hydrogen-bond acceptors (Lipinski definition) is 1. The van der Waals surface area contributed by atoms with Gasteiger partial charge in [0.05, 0.1) is 0 Å². The van der Waals surface area contributed by atoms with Gasteiger partial charge in [-0.25, -0.2) is 0 Å². The monoisotopic (exact) mass is 194 g/mol. The Hall–Kier alpha value is -0.760. The third-order valence-electron chi connectivity index (χ3n) is 1.95. The first-order valence-corrected chi connectivity index (χ1v) is 5.26. The van der Waals surface area contributed by atoms with E-state index in [1.165, 1.54) is 11.8 Å². The maximum Gasteiger partial charge on any atom is 0.157 e. The summed E-state index contributed by atoms with van der Waals surface area (Å²) in [5.41, 5.74) is 0. The standard InChI is InChI=1S/C11H11FS/c12-11(8-9-6-7-9)13-10-4-2-1-3-5-10/h1-5,8-9H,6-7H2/b11-8+. The number of halogens is 1. The third-order valence-corrected chi connectivity index (χ3v) is 2.79. The van der Waals surface area contributed by atoms with Crippen LogP contribution in [0.15, 0.2) is 46.5 Å². The molecule has 0 amide bonds. The minimum absolute atomic E-state index is 0.0614. The van der Waals surface area contributed by atoms with Crippen LogP contribution in [0.2, 0.25) is 0 Å². The molecule has 0 bridgehead atoms. The molecule has 0 saturated heterocycles. The molecule has 0 radical (unpaired) electrons. The van der Waals surface area contributed by atoms with Gasteiger partial charge in [-0.05, 0) is 37.0 Å². The molecule has 68 valence electrons. The minimum Gasteiger partial charge on any atom is -0.199 e. The molecule has 1 aliphatic rings. The molecule has 0 N–H and O–H groups in total. The fourth-order valence-corrected chi connectivity index (χ4v) is 1.86. The summed E-state index contributed by atoms with van der Waals surface area (Å²) >= 11 is 1.21. The highest BCUT2D eigenvalue weighted by Gasteiger charge is 2.19. The molecule has 1 aromatic carbocycles. The molecule has 1 aliphatic carbocycles. The second-order valence-electron chi connectivity index (χ2n) is 3.22. The van der Waals surface area contributed by atoms with Crippen molar-refractivity contribution in [2.24, 2.45) is 5.92 Å². The molecule has 0 aliphatic heterocycles. The van der Waals surface area contributed by atoms with Gasteiger partial charge in [0.2, 0.25) is 0 Å². The maximum absolute atomic E-state index is 13.2. The molecule has 0 spiro atoms. The number of hydrogen-bond donors (Lipinski definition) is 0. The summed E-state index contributed by atoms with van der Waals surface area (Å²) in [5.74, 6) is 0.510. The Kier molecular flexibility index (Phi) is 2.69. The van der Waals surface area contributed by atoms with Crippen LogP contribution < -0.4 is 0 Å². The molecule has 1 saturated carbocycles. The van der Waals surface area contributed by atoms with Crippen molar-refractivity contribution < 1.29 is 4.39 Å². The van der Waals surface area contributed by atoms with Gasteiger partial charge in [0, 0.05) is 4.90 Å². The Bertz CT molecular complexity index is 301. The predicted octanol–water partition coefficient (Wildman–Crippen LogP) is 4.00. The molecule has 0 atom stereocenters. The summed E-state index contributed by atoms with van der Waals surface area (Å²) in [6.45, 7) is 0. The smallest absolute Gasteiger partial charge is 0.157 e. The quantitative estimate of drug-likeness (QED) is 0.655. The van der Waals surface area contributed by atoms with Crippen LogP contribution >= 0.6 is 11.8 Å². The Morgan fingerprint density at radius 3 is 2.62 bits per heavy atom. The SMILES string of the molecule is F/C(=C\C1CC1)Sc1ccccc1. The number of thioether (sulfide) groups is 1. The lowest BCUT2D eigenvalue weighted by molar-refractivity contribution is 0.690. The molecule has 2 heteroatoms. The molecule has 13 heavy (non-hydrogen) atoms. The zero-order valence-electron chi connectivity index (χ0n) is 7.24. The summed E-state index contributed by atoms with van der Waals surface area (Å²) in [5, 5.41) is -0.0614. The van der Waals surface area contributed by atoms with Crippen molar-refractivity contribution in [3.8, 4) is 0 Å². The van der Waals surface area contributed by atoms with Crippen LogP contribution in [0.5, 0.6) is 0 Å². The van der Waals surface area contributed by atoms with Crippen LogP contribution in [-0.2, 0) is 0 Å². The van der Waals surface area contributed by atoms with Crippen LogP contribution in [0.1, 0.15) is 12.8 Å². The summed E-state index contributed by atoms with van der Waals surface area (Å²) in [7, 11) is 0. The molecule has 0 unspecified atom stereocenters. The van der Waals surface area contributed by atoms with Gasteiger partial charge in [-0.2, -0.15) is 4.39 Å². The van der Waals surface area contributed by atoms with Gasteiger partial charge < -0.3 is 0 Å². The molecular formula is C11H11FS. The van der Waals surface area contributed by atoms with Gasteiger partial charge in [-0.15, -0.1) is 0 Å². The third kappa shape index (κ3) is 2.88. The highest BCUT2D eigenvalue weighted by Crippen LogP contribution is 2.36. The van der Waals surface area contributed by atoms with Crippen LogP contribution in [0, 0.1) is 5.92 Å². The second-order valence-corrected chi connectivity index (χ2v) is 4.29. The van der Waals surface area contributed by atoms with E-state index in [9.17, 15) is 4.39 Å². The van der Waals surface area contributed by atoms with E-state index in [2.05, 4.69) is 0 Å². The first-order valence-electron chi connectivity index (χ1n) is 4.45. The molecule has 0 heterocycles. The van der Waals surface area contributed by atoms with Crippen molar-refractivity contribution in [1.82, 2.24) is 0 Å². The van der Waals surface area contributed by atoms with Crippen molar-refractivity contribution in [1.29, 1.82) is 0 Å². The van der Waals surface area contributed by atoms with Crippen LogP contribution in [-0.4, -0.2) is 0 Å². The van der Waals surface area contributed by atoms with Crippen molar-refractivity contribution in [2.45, 2.75) is 17.7 Å². The van der Waals surface area contributed by atoms with Crippen LogP contribution in [0.25, 0.3) is 0 Å². The Labute approximate surface area is 81.8 Å². The normalized spacial score (nSPS) is 17.5. The number of rotatable bonds is 3. The topological polar surface area (TPSA) is 0 Å². The zero-order chi connectivity index (χ0) is 9.10. The summed E-state index contributed by atoms with van der Waals surface area (Å²) in [6, 6.07) is 9.63. The van der Waals surface area contributed by atoms with E-state index in [1.54, 1.807) is 6.08 Å². The lowest BCUT2D eigenvalue weighted by Crippen LogP contribution is -1.71. The lowest BCUT2D eigenvalue weighted by atomic mass is 10.4. The van der Waals surface area contributed by atoms with Crippen LogP contribution in [0.4, 0.5) is 4.39 Å². The second kappa shape index (κ2) is 3.97. The van der Waals surface area contributed by atoms with Gasteiger partial charge in [-0.3, -0.25) is 0 Å². The average molecular weight is 194 g/mol. The van der Waals surface area contributed by atoms with Crippen molar-refractivity contribution in [3.05, 3.63) is 41.6 Å². The van der Waals surface area contributed by atoms with Gasteiger partial charge >= 0.3 is 0 Å². The van der Waals surface area contributed by atoms with E-state index in [1.807, 2.05) is 30.3 Å². The van der Waals surface area contributed by atoms with Gasteiger partial charge in [0.1, 0.15) is 0 Å². The first kappa shape index (κ1) is 8.82. The minimum atomic E-state index is -0.0614. The van der Waals surface area contributed by atoms with Gasteiger partial charge in [-0.1, -0.05) is 30.0 Å². The summed E-state index contributed by atoms with van der Waals surface area (Å²) in [4.78, 5) is 0.969. The van der Waals surface area contributed by atoms with Crippen molar-refractivity contribution >= 4 is 11.8 Å². The molecule has 0 nitrogen and oxygen atoms in total.